The van der Waals surface area contributed by atoms with E-state index in [0.717, 1.165) is 17.6 Å². The maximum Gasteiger partial charge on any atom is 0.0506 e. The molecule has 0 spiro atoms. The van der Waals surface area contributed by atoms with Gasteiger partial charge in [0.1, 0.15) is 0 Å². The van der Waals surface area contributed by atoms with Crippen LogP contribution in [0.25, 0.3) is 0 Å². The Labute approximate surface area is 101 Å². The fourth-order valence-corrected chi connectivity index (χ4v) is 3.39. The van der Waals surface area contributed by atoms with Crippen molar-refractivity contribution in [2.24, 2.45) is 11.8 Å². The van der Waals surface area contributed by atoms with Gasteiger partial charge in [-0.3, -0.25) is 4.98 Å². The van der Waals surface area contributed by atoms with Gasteiger partial charge in [0, 0.05) is 11.9 Å². The Hall–Kier alpha value is -1.02. The molecule has 0 N–H and O–H groups in total. The number of nitrogens with zero attached hydrogens (tertiary/aromatic N) is 1. The summed E-state index contributed by atoms with van der Waals surface area (Å²) in [5.74, 6) is 2.69. The number of hydrogen-bond donors (Lipinski definition) is 0. The van der Waals surface area contributed by atoms with Crippen molar-refractivity contribution in [3.8, 4) is 0 Å². The molecule has 16 heavy (non-hydrogen) atoms. The van der Waals surface area contributed by atoms with Crippen LogP contribution in [0.4, 0.5) is 0 Å². The second-order valence-corrected chi connectivity index (χ2v) is 5.59. The normalized spacial score (nSPS) is 26.8. The van der Waals surface area contributed by atoms with Crippen LogP contribution in [0.5, 0.6) is 0 Å². The summed E-state index contributed by atoms with van der Waals surface area (Å²) in [5, 5.41) is 0. The van der Waals surface area contributed by atoms with Crippen molar-refractivity contribution in [3.63, 3.8) is 0 Å². The third-order valence-corrected chi connectivity index (χ3v) is 4.58. The Kier molecular flexibility index (Phi) is 2.60. The summed E-state index contributed by atoms with van der Waals surface area (Å²) in [6, 6.07) is 6.13. The maximum atomic E-state index is 4.35. The highest BCUT2D eigenvalue weighted by atomic mass is 32.2. The average molecular weight is 229 g/mol. The van der Waals surface area contributed by atoms with Crippen LogP contribution in [-0.4, -0.2) is 4.98 Å². The zero-order valence-electron chi connectivity index (χ0n) is 9.39. The summed E-state index contributed by atoms with van der Waals surface area (Å²) in [6.45, 7) is 2.25. The average Bonchev–Trinajstić information content (AvgIpc) is 3.11. The molecular weight excluding hydrogens is 214 g/mol. The van der Waals surface area contributed by atoms with Crippen molar-refractivity contribution < 1.29 is 0 Å². The minimum absolute atomic E-state index is 0.832. The molecule has 2 aliphatic rings. The van der Waals surface area contributed by atoms with Crippen LogP contribution in [0, 0.1) is 11.8 Å². The van der Waals surface area contributed by atoms with Gasteiger partial charge in [-0.15, -0.1) is 11.8 Å². The Morgan fingerprint density at radius 3 is 3.06 bits per heavy atom. The first-order valence-electron chi connectivity index (χ1n) is 5.75. The zero-order chi connectivity index (χ0) is 11.0. The topological polar surface area (TPSA) is 12.9 Å². The van der Waals surface area contributed by atoms with E-state index in [9.17, 15) is 0 Å². The monoisotopic (exact) mass is 229 g/mol. The van der Waals surface area contributed by atoms with E-state index < -0.39 is 0 Å². The van der Waals surface area contributed by atoms with Gasteiger partial charge in [-0.25, -0.2) is 0 Å². The highest BCUT2D eigenvalue weighted by Crippen LogP contribution is 2.54. The second kappa shape index (κ2) is 4.10. The second-order valence-electron chi connectivity index (χ2n) is 4.54. The number of rotatable bonds is 3. The number of aromatic nitrogens is 1. The Morgan fingerprint density at radius 2 is 2.25 bits per heavy atom. The van der Waals surface area contributed by atoms with Crippen molar-refractivity contribution >= 4 is 11.8 Å². The largest absolute Gasteiger partial charge is 0.260 e. The maximum absolute atomic E-state index is 4.35. The summed E-state index contributed by atoms with van der Waals surface area (Å²) in [6.07, 6.45) is 7.82. The first-order chi connectivity index (χ1) is 7.84. The summed E-state index contributed by atoms with van der Waals surface area (Å²) in [7, 11) is 0. The molecule has 1 aromatic heterocycles. The first-order valence-corrected chi connectivity index (χ1v) is 6.74. The van der Waals surface area contributed by atoms with Crippen LogP contribution in [0.2, 0.25) is 0 Å². The van der Waals surface area contributed by atoms with Crippen molar-refractivity contribution in [1.82, 2.24) is 4.98 Å². The third-order valence-electron chi connectivity index (χ3n) is 3.36. The predicted molar refractivity (Wildman–Crippen MR) is 69.0 cm³/mol. The van der Waals surface area contributed by atoms with E-state index in [1.807, 2.05) is 24.0 Å². The number of hydrogen-bond acceptors (Lipinski definition) is 2. The van der Waals surface area contributed by atoms with Gasteiger partial charge in [0.05, 0.1) is 5.69 Å². The van der Waals surface area contributed by atoms with E-state index in [-0.39, 0.29) is 0 Å². The molecule has 0 bridgehead atoms. The van der Waals surface area contributed by atoms with Gasteiger partial charge in [0.2, 0.25) is 0 Å². The number of pyridine rings is 1. The van der Waals surface area contributed by atoms with E-state index in [0.29, 0.717) is 0 Å². The van der Waals surface area contributed by atoms with Gasteiger partial charge in [0.25, 0.3) is 0 Å². The molecule has 1 nitrogen and oxygen atoms in total. The van der Waals surface area contributed by atoms with Gasteiger partial charge in [-0.1, -0.05) is 23.8 Å². The lowest BCUT2D eigenvalue weighted by atomic mass is 10.1. The highest BCUT2D eigenvalue weighted by Gasteiger charge is 2.42. The lowest BCUT2D eigenvalue weighted by Gasteiger charge is -2.10. The van der Waals surface area contributed by atoms with Crippen LogP contribution in [0.1, 0.15) is 19.0 Å². The molecular formula is C14H15NS. The summed E-state index contributed by atoms with van der Waals surface area (Å²) in [5.41, 5.74) is 2.74. The molecule has 0 radical (unpaired) electrons. The minimum Gasteiger partial charge on any atom is -0.260 e. The molecule has 82 valence electrons. The van der Waals surface area contributed by atoms with Gasteiger partial charge >= 0.3 is 0 Å². The Bertz CT molecular complexity index is 447. The molecule has 1 saturated carbocycles. The number of allylic oxidation sites excluding steroid dienone is 4. The summed E-state index contributed by atoms with van der Waals surface area (Å²) >= 11 is 1.96. The van der Waals surface area contributed by atoms with Gasteiger partial charge < -0.3 is 0 Å². The van der Waals surface area contributed by atoms with Gasteiger partial charge in [0.15, 0.2) is 0 Å². The van der Waals surface area contributed by atoms with Crippen LogP contribution in [0.15, 0.2) is 47.0 Å². The molecule has 0 amide bonds. The zero-order valence-corrected chi connectivity index (χ0v) is 10.2. The lowest BCUT2D eigenvalue weighted by Crippen LogP contribution is -1.94. The highest BCUT2D eigenvalue weighted by molar-refractivity contribution is 8.02. The first kappa shape index (κ1) is 10.2. The van der Waals surface area contributed by atoms with E-state index in [1.165, 1.54) is 12.1 Å². The van der Waals surface area contributed by atoms with E-state index in [4.69, 9.17) is 0 Å². The predicted octanol–water partition coefficient (Wildman–Crippen LogP) is 3.79. The SMILES string of the molecule is CC1=CC=C(SCc2ccccn2)C2CC12. The van der Waals surface area contributed by atoms with E-state index >= 15 is 0 Å². The summed E-state index contributed by atoms with van der Waals surface area (Å²) in [4.78, 5) is 5.91. The third kappa shape index (κ3) is 1.94. The molecule has 2 aliphatic carbocycles. The van der Waals surface area contributed by atoms with Gasteiger partial charge in [-0.05, 0) is 42.2 Å². The van der Waals surface area contributed by atoms with Crippen LogP contribution in [0.3, 0.4) is 0 Å². The van der Waals surface area contributed by atoms with Crippen LogP contribution in [-0.2, 0) is 5.75 Å². The molecule has 2 atom stereocenters. The smallest absolute Gasteiger partial charge is 0.0506 e. The molecule has 1 heterocycles. The standard InChI is InChI=1S/C14H15NS/c1-10-5-6-14(13-8-12(10)13)16-9-11-4-2-3-7-15-11/h2-7,12-13H,8-9H2,1H3. The fraction of sp³-hybridized carbons (Fsp3) is 0.357. The van der Waals surface area contributed by atoms with Crippen molar-refractivity contribution in [1.29, 1.82) is 0 Å². The summed E-state index contributed by atoms with van der Waals surface area (Å²) < 4.78 is 0. The van der Waals surface area contributed by atoms with Crippen LogP contribution < -0.4 is 0 Å². The van der Waals surface area contributed by atoms with Crippen molar-refractivity contribution in [3.05, 3.63) is 52.7 Å². The molecule has 1 aromatic rings. The Morgan fingerprint density at radius 1 is 1.31 bits per heavy atom. The van der Waals surface area contributed by atoms with Crippen LogP contribution >= 0.6 is 11.8 Å². The number of thioether (sulfide) groups is 1. The van der Waals surface area contributed by atoms with E-state index in [2.05, 4.69) is 36.2 Å². The van der Waals surface area contributed by atoms with Crippen molar-refractivity contribution in [2.45, 2.75) is 19.1 Å². The Balaban J connectivity index is 1.65. The molecule has 0 aromatic carbocycles. The number of fused-ring (bicyclic) bond motifs is 1. The molecule has 3 rings (SSSR count). The minimum atomic E-state index is 0.832. The lowest BCUT2D eigenvalue weighted by molar-refractivity contribution is 0.899. The molecule has 2 heteroatoms. The van der Waals surface area contributed by atoms with E-state index in [1.54, 1.807) is 10.5 Å². The molecule has 2 unspecified atom stereocenters. The molecule has 1 fully saturated rings. The molecule has 0 aliphatic heterocycles. The fourth-order valence-electron chi connectivity index (χ4n) is 2.27. The molecule has 0 saturated heterocycles. The van der Waals surface area contributed by atoms with Crippen molar-refractivity contribution in [2.75, 3.05) is 0 Å². The van der Waals surface area contributed by atoms with Gasteiger partial charge in [-0.2, -0.15) is 0 Å². The quantitative estimate of drug-likeness (QED) is 0.782.